The number of sulfonamides is 1. The Morgan fingerprint density at radius 1 is 1.22 bits per heavy atom. The number of amides is 2. The van der Waals surface area contributed by atoms with Crippen LogP contribution in [0.1, 0.15) is 28.9 Å². The van der Waals surface area contributed by atoms with Crippen LogP contribution in [0.2, 0.25) is 0 Å². The van der Waals surface area contributed by atoms with Crippen LogP contribution in [0.3, 0.4) is 0 Å². The molecule has 3 rings (SSSR count). The summed E-state index contributed by atoms with van der Waals surface area (Å²) in [6.45, 7) is 1.77. The molecule has 0 bridgehead atoms. The fraction of sp³-hybridized carbons (Fsp3) is 0.222. The average Bonchev–Trinajstić information content (AvgIpc) is 2.60. The summed E-state index contributed by atoms with van der Waals surface area (Å²) in [5.41, 5.74) is 2.10. The van der Waals surface area contributed by atoms with Gasteiger partial charge < -0.3 is 10.6 Å². The third-order valence-electron chi connectivity index (χ3n) is 3.94. The Kier molecular flexibility index (Phi) is 5.43. The Bertz CT molecular complexity index is 1010. The minimum absolute atomic E-state index is 0.0980. The molecule has 1 aliphatic rings. The Labute approximate surface area is 162 Å². The molecule has 0 radical (unpaired) electrons. The number of para-hydroxylation sites is 1. The fourth-order valence-corrected chi connectivity index (χ4v) is 4.12. The smallest absolute Gasteiger partial charge is 0.251 e. The lowest BCUT2D eigenvalue weighted by Crippen LogP contribution is -2.28. The van der Waals surface area contributed by atoms with Crippen LogP contribution in [-0.4, -0.2) is 32.2 Å². The number of rotatable bonds is 5. The molecular formula is C18H19N3O4S2. The van der Waals surface area contributed by atoms with E-state index in [9.17, 15) is 18.0 Å². The van der Waals surface area contributed by atoms with Gasteiger partial charge in [0.2, 0.25) is 15.9 Å². The number of benzene rings is 2. The van der Waals surface area contributed by atoms with Gasteiger partial charge in [-0.3, -0.25) is 14.3 Å². The lowest BCUT2D eigenvalue weighted by molar-refractivity contribution is -0.113. The molecule has 2 amide bonds. The van der Waals surface area contributed by atoms with Crippen LogP contribution < -0.4 is 15.4 Å². The van der Waals surface area contributed by atoms with Crippen molar-refractivity contribution in [1.29, 1.82) is 0 Å². The van der Waals surface area contributed by atoms with Crippen molar-refractivity contribution < 1.29 is 18.0 Å². The van der Waals surface area contributed by atoms with Crippen molar-refractivity contribution in [2.75, 3.05) is 22.0 Å². The van der Waals surface area contributed by atoms with E-state index < -0.39 is 16.1 Å². The molecule has 1 aliphatic heterocycles. The van der Waals surface area contributed by atoms with Crippen LogP contribution >= 0.6 is 11.8 Å². The number of hydrogen-bond donors (Lipinski definition) is 3. The number of fused-ring (bicyclic) bond motifs is 1. The molecule has 1 heterocycles. The van der Waals surface area contributed by atoms with E-state index in [1.54, 1.807) is 49.4 Å². The highest BCUT2D eigenvalue weighted by Gasteiger charge is 2.19. The summed E-state index contributed by atoms with van der Waals surface area (Å²) in [4.78, 5) is 25.1. The summed E-state index contributed by atoms with van der Waals surface area (Å²) in [5.74, 6) is -0.0526. The van der Waals surface area contributed by atoms with Crippen LogP contribution in [-0.2, 0) is 14.8 Å². The van der Waals surface area contributed by atoms with Gasteiger partial charge in [-0.2, -0.15) is 0 Å². The number of hydrogen-bond acceptors (Lipinski definition) is 5. The summed E-state index contributed by atoms with van der Waals surface area (Å²) in [6, 6.07) is 11.6. The van der Waals surface area contributed by atoms with Gasteiger partial charge in [-0.1, -0.05) is 18.2 Å². The van der Waals surface area contributed by atoms with E-state index in [1.165, 1.54) is 11.8 Å². The minimum atomic E-state index is -3.43. The molecule has 0 aliphatic carbocycles. The van der Waals surface area contributed by atoms with Crippen molar-refractivity contribution in [3.05, 3.63) is 53.6 Å². The quantitative estimate of drug-likeness (QED) is 0.709. The van der Waals surface area contributed by atoms with Gasteiger partial charge in [-0.25, -0.2) is 8.42 Å². The molecule has 142 valence electrons. The lowest BCUT2D eigenvalue weighted by Gasteiger charge is -2.20. The van der Waals surface area contributed by atoms with Crippen molar-refractivity contribution in [3.63, 3.8) is 0 Å². The monoisotopic (exact) mass is 405 g/mol. The van der Waals surface area contributed by atoms with Gasteiger partial charge in [-0.05, 0) is 36.8 Å². The van der Waals surface area contributed by atoms with Gasteiger partial charge in [0.05, 0.1) is 29.4 Å². The van der Waals surface area contributed by atoms with Gasteiger partial charge in [0.1, 0.15) is 0 Å². The van der Waals surface area contributed by atoms with E-state index in [2.05, 4.69) is 15.4 Å². The van der Waals surface area contributed by atoms with Crippen molar-refractivity contribution in [1.82, 2.24) is 5.32 Å². The highest BCUT2D eigenvalue weighted by Crippen LogP contribution is 2.32. The van der Waals surface area contributed by atoms with E-state index in [-0.39, 0.29) is 11.8 Å². The Hall–Kier alpha value is -2.52. The van der Waals surface area contributed by atoms with E-state index in [0.717, 1.165) is 11.2 Å². The molecule has 2 aromatic rings. The van der Waals surface area contributed by atoms with Crippen LogP contribution in [0, 0.1) is 0 Å². The third kappa shape index (κ3) is 4.81. The third-order valence-corrected chi connectivity index (χ3v) is 5.61. The van der Waals surface area contributed by atoms with Gasteiger partial charge >= 0.3 is 0 Å². The number of anilines is 2. The molecule has 7 nitrogen and oxygen atoms in total. The highest BCUT2D eigenvalue weighted by molar-refractivity contribution is 8.00. The van der Waals surface area contributed by atoms with E-state index >= 15 is 0 Å². The molecule has 0 fully saturated rings. The van der Waals surface area contributed by atoms with E-state index in [1.807, 2.05) is 0 Å². The zero-order valence-electron chi connectivity index (χ0n) is 14.8. The molecule has 0 aromatic heterocycles. The van der Waals surface area contributed by atoms with Crippen LogP contribution in [0.15, 0.2) is 47.4 Å². The van der Waals surface area contributed by atoms with Crippen molar-refractivity contribution >= 4 is 45.0 Å². The van der Waals surface area contributed by atoms with Gasteiger partial charge in [-0.15, -0.1) is 11.8 Å². The first-order chi connectivity index (χ1) is 12.7. The van der Waals surface area contributed by atoms with Gasteiger partial charge in [0.15, 0.2) is 0 Å². The molecule has 1 atom stereocenters. The van der Waals surface area contributed by atoms with Crippen molar-refractivity contribution in [2.45, 2.75) is 17.9 Å². The average molecular weight is 406 g/mol. The Balaban J connectivity index is 1.79. The van der Waals surface area contributed by atoms with E-state index in [0.29, 0.717) is 28.3 Å². The van der Waals surface area contributed by atoms with Crippen molar-refractivity contribution in [3.8, 4) is 0 Å². The molecular weight excluding hydrogens is 386 g/mol. The van der Waals surface area contributed by atoms with Gasteiger partial charge in [0.25, 0.3) is 5.91 Å². The standard InChI is InChI=1S/C18H19N3O4S2/c1-11(13-5-3-4-6-14(13)21-27(2,24)25)19-18(23)12-7-8-16-15(9-12)20-17(22)10-26-16/h3-9,11,21H,10H2,1-2H3,(H,19,23)(H,20,22). The summed E-state index contributed by atoms with van der Waals surface area (Å²) < 4.78 is 25.6. The molecule has 2 aromatic carbocycles. The minimum Gasteiger partial charge on any atom is -0.345 e. The second kappa shape index (κ2) is 7.61. The molecule has 0 saturated heterocycles. The normalized spacial score (nSPS) is 14.7. The second-order valence-electron chi connectivity index (χ2n) is 6.20. The predicted octanol–water partition coefficient (Wildman–Crippen LogP) is 2.59. The Morgan fingerprint density at radius 2 is 1.96 bits per heavy atom. The zero-order valence-corrected chi connectivity index (χ0v) is 16.4. The van der Waals surface area contributed by atoms with Crippen LogP contribution in [0.4, 0.5) is 11.4 Å². The number of nitrogens with one attached hydrogen (secondary N) is 3. The SMILES string of the molecule is CC(NC(=O)c1ccc2c(c1)NC(=O)CS2)c1ccccc1NS(C)(=O)=O. The summed E-state index contributed by atoms with van der Waals surface area (Å²) in [7, 11) is -3.43. The number of carbonyl (C=O) groups excluding carboxylic acids is 2. The topological polar surface area (TPSA) is 104 Å². The first kappa shape index (κ1) is 19.2. The van der Waals surface area contributed by atoms with E-state index in [4.69, 9.17) is 0 Å². The maximum absolute atomic E-state index is 12.6. The molecule has 0 spiro atoms. The molecule has 3 N–H and O–H groups in total. The molecule has 27 heavy (non-hydrogen) atoms. The fourth-order valence-electron chi connectivity index (χ4n) is 2.75. The first-order valence-corrected chi connectivity index (χ1v) is 11.0. The van der Waals surface area contributed by atoms with Gasteiger partial charge in [0, 0.05) is 10.5 Å². The molecule has 0 saturated carbocycles. The van der Waals surface area contributed by atoms with Crippen LogP contribution in [0.5, 0.6) is 0 Å². The largest absolute Gasteiger partial charge is 0.345 e. The Morgan fingerprint density at radius 3 is 2.70 bits per heavy atom. The summed E-state index contributed by atoms with van der Waals surface area (Å²) in [5, 5.41) is 5.62. The number of carbonyl (C=O) groups is 2. The second-order valence-corrected chi connectivity index (χ2v) is 8.97. The predicted molar refractivity (Wildman–Crippen MR) is 107 cm³/mol. The summed E-state index contributed by atoms with van der Waals surface area (Å²) in [6.07, 6.45) is 1.08. The first-order valence-electron chi connectivity index (χ1n) is 8.17. The maximum atomic E-state index is 12.6. The highest BCUT2D eigenvalue weighted by atomic mass is 32.2. The zero-order chi connectivity index (χ0) is 19.6. The number of thioether (sulfide) groups is 1. The van der Waals surface area contributed by atoms with Crippen molar-refractivity contribution in [2.24, 2.45) is 0 Å². The maximum Gasteiger partial charge on any atom is 0.251 e. The lowest BCUT2D eigenvalue weighted by atomic mass is 10.1. The summed E-state index contributed by atoms with van der Waals surface area (Å²) >= 11 is 1.43. The molecule has 1 unspecified atom stereocenters. The molecule has 9 heteroatoms. The van der Waals surface area contributed by atoms with Crippen LogP contribution in [0.25, 0.3) is 0 Å².